The topological polar surface area (TPSA) is 98.9 Å². The molecule has 0 radical (unpaired) electrons. The third kappa shape index (κ3) is 5.86. The average Bonchev–Trinajstić information content (AvgIpc) is 3.38. The molecule has 3 aromatic heterocycles. The molecule has 0 aliphatic carbocycles. The molecule has 3 heterocycles. The van der Waals surface area contributed by atoms with Crippen LogP contribution in [0.25, 0.3) is 22.9 Å². The minimum absolute atomic E-state index is 0.0687. The highest BCUT2D eigenvalue weighted by molar-refractivity contribution is 7.90. The molecular weight excluding hydrogens is 462 g/mol. The molecule has 1 aromatic carbocycles. The van der Waals surface area contributed by atoms with E-state index in [9.17, 15) is 13.2 Å². The number of carbonyl (C=O) groups is 1. The molecule has 0 atom stereocenters. The van der Waals surface area contributed by atoms with Crippen molar-refractivity contribution in [1.29, 1.82) is 0 Å². The van der Waals surface area contributed by atoms with Crippen LogP contribution in [0.15, 0.2) is 67.0 Å². The van der Waals surface area contributed by atoms with Crippen LogP contribution in [-0.4, -0.2) is 39.4 Å². The number of pyridine rings is 1. The highest BCUT2D eigenvalue weighted by atomic mass is 32.2. The Balaban J connectivity index is 1.69. The molecule has 9 heteroatoms. The van der Waals surface area contributed by atoms with Gasteiger partial charge < -0.3 is 0 Å². The fourth-order valence-corrected chi connectivity index (χ4v) is 5.04. The number of amides is 1. The van der Waals surface area contributed by atoms with E-state index in [0.717, 1.165) is 35.3 Å². The molecule has 1 N–H and O–H groups in total. The maximum Gasteiger partial charge on any atom is 0.257 e. The van der Waals surface area contributed by atoms with Crippen molar-refractivity contribution < 1.29 is 13.2 Å². The largest absolute Gasteiger partial charge is 0.285 e. The summed E-state index contributed by atoms with van der Waals surface area (Å²) in [7, 11) is -3.67. The first kappa shape index (κ1) is 24.4. The Hall–Kier alpha value is -3.72. The summed E-state index contributed by atoms with van der Waals surface area (Å²) in [6.07, 6.45) is 8.74. The lowest BCUT2D eigenvalue weighted by Gasteiger charge is -2.11. The molecule has 0 fully saturated rings. The fraction of sp³-hybridized carbons (Fsp3) is 0.269. The van der Waals surface area contributed by atoms with E-state index in [-0.39, 0.29) is 5.75 Å². The minimum Gasteiger partial charge on any atom is -0.285 e. The van der Waals surface area contributed by atoms with Crippen molar-refractivity contribution >= 4 is 33.0 Å². The summed E-state index contributed by atoms with van der Waals surface area (Å²) in [5.74, 6) is -0.00571. The number of aromatic nitrogens is 4. The molecule has 182 valence electrons. The molecular formula is C26H29N5O3S. The number of nitrogens with zero attached hydrogens (tertiary/aromatic N) is 4. The monoisotopic (exact) mass is 491 g/mol. The first-order valence-corrected chi connectivity index (χ1v) is 13.3. The second-order valence-electron chi connectivity index (χ2n) is 8.39. The van der Waals surface area contributed by atoms with E-state index in [1.54, 1.807) is 12.3 Å². The van der Waals surface area contributed by atoms with Gasteiger partial charge in [-0.2, -0.15) is 5.10 Å². The van der Waals surface area contributed by atoms with Crippen molar-refractivity contribution in [2.75, 3.05) is 5.75 Å². The fourth-order valence-electron chi connectivity index (χ4n) is 3.98. The number of fused-ring (bicyclic) bond motifs is 1. The van der Waals surface area contributed by atoms with E-state index in [4.69, 9.17) is 5.10 Å². The average molecular weight is 492 g/mol. The Labute approximate surface area is 205 Å². The summed E-state index contributed by atoms with van der Waals surface area (Å²) in [4.78, 5) is 17.0. The molecule has 0 aliphatic heterocycles. The highest BCUT2D eigenvalue weighted by Gasteiger charge is 2.19. The van der Waals surface area contributed by atoms with Gasteiger partial charge >= 0.3 is 0 Å². The molecule has 0 saturated carbocycles. The third-order valence-electron chi connectivity index (χ3n) is 5.67. The smallest absolute Gasteiger partial charge is 0.257 e. The van der Waals surface area contributed by atoms with Gasteiger partial charge in [0.1, 0.15) is 11.5 Å². The second kappa shape index (κ2) is 10.7. The number of sulfonamides is 1. The van der Waals surface area contributed by atoms with Crippen LogP contribution in [-0.2, 0) is 21.4 Å². The van der Waals surface area contributed by atoms with Gasteiger partial charge in [-0.1, -0.05) is 50.1 Å². The molecule has 1 amide bonds. The molecule has 4 aromatic rings. The van der Waals surface area contributed by atoms with E-state index >= 15 is 0 Å². The van der Waals surface area contributed by atoms with Gasteiger partial charge in [-0.3, -0.25) is 9.36 Å². The van der Waals surface area contributed by atoms with Crippen molar-refractivity contribution in [2.45, 2.75) is 39.7 Å². The molecule has 35 heavy (non-hydrogen) atoms. The van der Waals surface area contributed by atoms with Crippen LogP contribution in [0.2, 0.25) is 0 Å². The van der Waals surface area contributed by atoms with E-state index in [1.807, 2.05) is 77.8 Å². The quantitative estimate of drug-likeness (QED) is 0.264. The Morgan fingerprint density at radius 3 is 2.66 bits per heavy atom. The number of aryl methyl sites for hydroxylation is 1. The van der Waals surface area contributed by atoms with Gasteiger partial charge in [0.25, 0.3) is 5.91 Å². The van der Waals surface area contributed by atoms with Crippen LogP contribution >= 0.6 is 0 Å². The molecule has 4 rings (SSSR count). The molecule has 0 bridgehead atoms. The summed E-state index contributed by atoms with van der Waals surface area (Å²) < 4.78 is 30.4. The maximum absolute atomic E-state index is 12.5. The highest BCUT2D eigenvalue weighted by Crippen LogP contribution is 2.26. The summed E-state index contributed by atoms with van der Waals surface area (Å²) in [5.41, 5.74) is 3.26. The normalized spacial score (nSPS) is 11.9. The van der Waals surface area contributed by atoms with Crippen LogP contribution in [0.3, 0.4) is 0 Å². The predicted molar refractivity (Wildman–Crippen MR) is 138 cm³/mol. The first-order chi connectivity index (χ1) is 16.9. The summed E-state index contributed by atoms with van der Waals surface area (Å²) in [6, 6.07) is 15.8. The number of hydrogen-bond acceptors (Lipinski definition) is 5. The Morgan fingerprint density at radius 1 is 1.09 bits per heavy atom. The Morgan fingerprint density at radius 2 is 1.89 bits per heavy atom. The number of rotatable bonds is 10. The Kier molecular flexibility index (Phi) is 7.45. The zero-order chi connectivity index (χ0) is 24.8. The van der Waals surface area contributed by atoms with Crippen molar-refractivity contribution in [3.8, 4) is 5.82 Å². The zero-order valence-electron chi connectivity index (χ0n) is 19.9. The van der Waals surface area contributed by atoms with Gasteiger partial charge in [-0.15, -0.1) is 0 Å². The lowest BCUT2D eigenvalue weighted by Crippen LogP contribution is -2.31. The van der Waals surface area contributed by atoms with Gasteiger partial charge in [0.2, 0.25) is 10.0 Å². The van der Waals surface area contributed by atoms with Gasteiger partial charge in [-0.25, -0.2) is 22.8 Å². The number of nitrogens with one attached hydrogen (secondary N) is 1. The third-order valence-corrected chi connectivity index (χ3v) is 7.01. The summed E-state index contributed by atoms with van der Waals surface area (Å²) in [6.45, 7) is 4.38. The lowest BCUT2D eigenvalue weighted by molar-refractivity contribution is -0.114. The van der Waals surface area contributed by atoms with Crippen LogP contribution in [0.4, 0.5) is 0 Å². The number of hydrogen-bond donors (Lipinski definition) is 1. The zero-order valence-corrected chi connectivity index (χ0v) is 20.7. The van der Waals surface area contributed by atoms with Gasteiger partial charge in [0.15, 0.2) is 0 Å². The van der Waals surface area contributed by atoms with Crippen LogP contribution < -0.4 is 4.72 Å². The maximum atomic E-state index is 12.5. The SMILES string of the molecule is CCCCCS(=O)(=O)NC(=O)/C=C/c1c(C)nn(Cc2ccccc2)c1-n1ccc2cccnc21. The van der Waals surface area contributed by atoms with Gasteiger partial charge in [0, 0.05) is 29.4 Å². The first-order valence-electron chi connectivity index (χ1n) is 11.6. The van der Waals surface area contributed by atoms with Crippen LogP contribution in [0, 0.1) is 6.92 Å². The predicted octanol–water partition coefficient (Wildman–Crippen LogP) is 4.23. The van der Waals surface area contributed by atoms with Crippen molar-refractivity contribution in [3.63, 3.8) is 0 Å². The standard InChI is InChI=1S/C26H29N5O3S/c1-3-4-8-18-35(33,34)29-24(32)14-13-23-20(2)28-31(19-21-10-6-5-7-11-21)26(23)30-17-15-22-12-9-16-27-25(22)30/h5-7,9-17H,3-4,8,18-19H2,1-2H3,(H,29,32)/b14-13+. The van der Waals surface area contributed by atoms with E-state index in [1.165, 1.54) is 6.08 Å². The van der Waals surface area contributed by atoms with Crippen molar-refractivity contribution in [2.24, 2.45) is 0 Å². The van der Waals surface area contributed by atoms with E-state index in [2.05, 4.69) is 9.71 Å². The van der Waals surface area contributed by atoms with Crippen molar-refractivity contribution in [1.82, 2.24) is 24.1 Å². The number of unbranched alkanes of at least 4 members (excludes halogenated alkanes) is 2. The Bertz CT molecular complexity index is 1450. The second-order valence-corrected chi connectivity index (χ2v) is 10.2. The lowest BCUT2D eigenvalue weighted by atomic mass is 10.2. The molecule has 8 nitrogen and oxygen atoms in total. The van der Waals surface area contributed by atoms with Crippen molar-refractivity contribution in [3.05, 3.63) is 83.8 Å². The minimum atomic E-state index is -3.67. The van der Waals surface area contributed by atoms with Crippen LogP contribution in [0.5, 0.6) is 0 Å². The number of benzene rings is 1. The number of carbonyl (C=O) groups excluding carboxylic acids is 1. The molecule has 0 saturated heterocycles. The van der Waals surface area contributed by atoms with Gasteiger partial charge in [0.05, 0.1) is 18.0 Å². The van der Waals surface area contributed by atoms with Gasteiger partial charge in [-0.05, 0) is 43.2 Å². The molecule has 0 aliphatic rings. The van der Waals surface area contributed by atoms with E-state index in [0.29, 0.717) is 24.2 Å². The molecule has 0 spiro atoms. The summed E-state index contributed by atoms with van der Waals surface area (Å²) >= 11 is 0. The van der Waals surface area contributed by atoms with Crippen LogP contribution in [0.1, 0.15) is 43.0 Å². The summed E-state index contributed by atoms with van der Waals surface area (Å²) in [5, 5.41) is 5.71. The van der Waals surface area contributed by atoms with E-state index < -0.39 is 15.9 Å². The molecule has 0 unspecified atom stereocenters.